The number of amides is 2. The number of benzene rings is 1. The molecular formula is C15H15N5O8. The Labute approximate surface area is 157 Å². The SMILES string of the molecule is [N-]=[N+]=NCCCOc1ccc([N+](=O)[O-])c(COC(=O)ON2C(=O)CCC2=O)c1. The van der Waals surface area contributed by atoms with Gasteiger partial charge in [-0.25, -0.2) is 4.79 Å². The number of hydrogen-bond donors (Lipinski definition) is 0. The molecular weight excluding hydrogens is 378 g/mol. The molecule has 13 nitrogen and oxygen atoms in total. The number of nitro groups is 1. The number of ether oxygens (including phenoxy) is 2. The third-order valence-electron chi connectivity index (χ3n) is 3.50. The minimum absolute atomic E-state index is 0.0218. The van der Waals surface area contributed by atoms with Gasteiger partial charge in [0.05, 0.1) is 17.1 Å². The lowest BCUT2D eigenvalue weighted by molar-refractivity contribution is -0.385. The monoisotopic (exact) mass is 393 g/mol. The van der Waals surface area contributed by atoms with Crippen LogP contribution < -0.4 is 4.74 Å². The normalized spacial score (nSPS) is 13.1. The number of rotatable bonds is 9. The Balaban J connectivity index is 1.97. The average Bonchev–Trinajstić information content (AvgIpc) is 2.98. The second-order valence-electron chi connectivity index (χ2n) is 5.42. The van der Waals surface area contributed by atoms with E-state index in [1.807, 2.05) is 0 Å². The number of hydroxylamine groups is 2. The summed E-state index contributed by atoms with van der Waals surface area (Å²) in [6, 6.07) is 3.86. The van der Waals surface area contributed by atoms with E-state index in [-0.39, 0.29) is 43.0 Å². The number of imide groups is 1. The zero-order valence-electron chi connectivity index (χ0n) is 14.5. The number of carbonyl (C=O) groups excluding carboxylic acids is 3. The van der Waals surface area contributed by atoms with Gasteiger partial charge in [-0.3, -0.25) is 24.5 Å². The smallest absolute Gasteiger partial charge is 0.494 e. The maximum absolute atomic E-state index is 11.7. The van der Waals surface area contributed by atoms with E-state index < -0.39 is 29.5 Å². The predicted octanol–water partition coefficient (Wildman–Crippen LogP) is 2.39. The molecule has 0 saturated carbocycles. The van der Waals surface area contributed by atoms with Gasteiger partial charge in [0.15, 0.2) is 0 Å². The quantitative estimate of drug-likeness (QED) is 0.0898. The molecule has 0 N–H and O–H groups in total. The third-order valence-corrected chi connectivity index (χ3v) is 3.50. The first-order chi connectivity index (χ1) is 13.4. The van der Waals surface area contributed by atoms with Gasteiger partial charge >= 0.3 is 6.16 Å². The van der Waals surface area contributed by atoms with Gasteiger partial charge in [-0.2, -0.15) is 0 Å². The summed E-state index contributed by atoms with van der Waals surface area (Å²) in [6.45, 7) is -0.0983. The highest BCUT2D eigenvalue weighted by Gasteiger charge is 2.33. The van der Waals surface area contributed by atoms with E-state index in [0.717, 1.165) is 0 Å². The molecule has 2 rings (SSSR count). The summed E-state index contributed by atoms with van der Waals surface area (Å²) in [5.41, 5.74) is 7.89. The maximum atomic E-state index is 11.7. The molecule has 13 heteroatoms. The Morgan fingerprint density at radius 1 is 1.32 bits per heavy atom. The molecule has 1 aliphatic heterocycles. The summed E-state index contributed by atoms with van der Waals surface area (Å²) in [7, 11) is 0. The number of nitro benzene ring substituents is 1. The molecule has 1 aliphatic rings. The molecule has 0 atom stereocenters. The van der Waals surface area contributed by atoms with Gasteiger partial charge < -0.3 is 9.47 Å². The van der Waals surface area contributed by atoms with Crippen molar-refractivity contribution in [1.29, 1.82) is 0 Å². The van der Waals surface area contributed by atoms with Crippen LogP contribution in [0.1, 0.15) is 24.8 Å². The fourth-order valence-electron chi connectivity index (χ4n) is 2.21. The van der Waals surface area contributed by atoms with Crippen LogP contribution in [0.25, 0.3) is 10.4 Å². The van der Waals surface area contributed by atoms with Crippen molar-refractivity contribution in [3.63, 3.8) is 0 Å². The zero-order chi connectivity index (χ0) is 20.5. The second-order valence-corrected chi connectivity index (χ2v) is 5.42. The van der Waals surface area contributed by atoms with Gasteiger partial charge in [0.25, 0.3) is 17.5 Å². The molecule has 0 aliphatic carbocycles. The first-order valence-electron chi connectivity index (χ1n) is 8.04. The van der Waals surface area contributed by atoms with Crippen LogP contribution in [0.2, 0.25) is 0 Å². The van der Waals surface area contributed by atoms with E-state index in [9.17, 15) is 24.5 Å². The third kappa shape index (κ3) is 5.57. The minimum atomic E-state index is -1.35. The van der Waals surface area contributed by atoms with Crippen molar-refractivity contribution in [2.75, 3.05) is 13.2 Å². The van der Waals surface area contributed by atoms with Crippen LogP contribution in [0.3, 0.4) is 0 Å². The van der Waals surface area contributed by atoms with Crippen LogP contribution in [0.5, 0.6) is 5.75 Å². The highest BCUT2D eigenvalue weighted by Crippen LogP contribution is 2.25. The van der Waals surface area contributed by atoms with Crippen molar-refractivity contribution in [3.05, 3.63) is 44.3 Å². The summed E-state index contributed by atoms with van der Waals surface area (Å²) in [5, 5.41) is 14.8. The molecule has 148 valence electrons. The average molecular weight is 393 g/mol. The second kappa shape index (κ2) is 9.73. The molecule has 1 heterocycles. The fraction of sp³-hybridized carbons (Fsp3) is 0.400. The van der Waals surface area contributed by atoms with Crippen molar-refractivity contribution in [2.24, 2.45) is 5.11 Å². The fourth-order valence-corrected chi connectivity index (χ4v) is 2.21. The molecule has 28 heavy (non-hydrogen) atoms. The molecule has 0 aromatic heterocycles. The van der Waals surface area contributed by atoms with Crippen molar-refractivity contribution in [1.82, 2.24) is 5.06 Å². The molecule has 1 aromatic carbocycles. The first kappa shape index (κ1) is 20.5. The Kier molecular flexibility index (Phi) is 7.11. The Morgan fingerprint density at radius 2 is 2.04 bits per heavy atom. The largest absolute Gasteiger partial charge is 0.534 e. The summed E-state index contributed by atoms with van der Waals surface area (Å²) in [4.78, 5) is 52.0. The van der Waals surface area contributed by atoms with Crippen LogP contribution >= 0.6 is 0 Å². The van der Waals surface area contributed by atoms with Crippen molar-refractivity contribution in [3.8, 4) is 5.75 Å². The standard InChI is InChI=1S/C15H15N5O8/c16-18-17-6-1-7-26-11-2-3-12(20(24)25)10(8-11)9-27-15(23)28-19-13(21)4-5-14(19)22/h2-3,8H,1,4-7,9H2. The molecule has 0 spiro atoms. The van der Waals surface area contributed by atoms with Crippen LogP contribution in [0, 0.1) is 10.1 Å². The van der Waals surface area contributed by atoms with Gasteiger partial charge in [0.2, 0.25) is 0 Å². The maximum Gasteiger partial charge on any atom is 0.534 e. The lowest BCUT2D eigenvalue weighted by atomic mass is 10.2. The number of hydrogen-bond acceptors (Lipinski definition) is 9. The Morgan fingerprint density at radius 3 is 2.68 bits per heavy atom. The predicted molar refractivity (Wildman–Crippen MR) is 89.6 cm³/mol. The van der Waals surface area contributed by atoms with Crippen LogP contribution in [0.15, 0.2) is 23.3 Å². The number of azide groups is 1. The van der Waals surface area contributed by atoms with Gasteiger partial charge in [-0.05, 0) is 24.1 Å². The minimum Gasteiger partial charge on any atom is -0.494 e. The summed E-state index contributed by atoms with van der Waals surface area (Å²) in [6.07, 6.45) is -1.05. The van der Waals surface area contributed by atoms with E-state index in [0.29, 0.717) is 11.5 Å². The topological polar surface area (TPSA) is 174 Å². The van der Waals surface area contributed by atoms with Gasteiger partial charge in [0.1, 0.15) is 12.4 Å². The molecule has 1 aromatic rings. The summed E-state index contributed by atoms with van der Waals surface area (Å²) in [5.74, 6) is -1.07. The van der Waals surface area contributed by atoms with Crippen LogP contribution in [-0.4, -0.2) is 41.1 Å². The van der Waals surface area contributed by atoms with E-state index in [1.54, 1.807) is 0 Å². The van der Waals surface area contributed by atoms with Crippen LogP contribution in [-0.2, 0) is 25.8 Å². The lowest BCUT2D eigenvalue weighted by Crippen LogP contribution is -2.32. The van der Waals surface area contributed by atoms with E-state index >= 15 is 0 Å². The Bertz CT molecular complexity index is 820. The van der Waals surface area contributed by atoms with Gasteiger partial charge in [-0.15, -0.1) is 0 Å². The van der Waals surface area contributed by atoms with Gasteiger partial charge in [-0.1, -0.05) is 10.2 Å². The molecule has 1 saturated heterocycles. The van der Waals surface area contributed by atoms with Crippen molar-refractivity contribution >= 4 is 23.7 Å². The summed E-state index contributed by atoms with van der Waals surface area (Å²) >= 11 is 0. The number of nitrogens with zero attached hydrogens (tertiary/aromatic N) is 5. The highest BCUT2D eigenvalue weighted by molar-refractivity contribution is 6.01. The summed E-state index contributed by atoms with van der Waals surface area (Å²) < 4.78 is 10.2. The highest BCUT2D eigenvalue weighted by atomic mass is 16.8. The Hall–Kier alpha value is -3.86. The molecule has 0 radical (unpaired) electrons. The molecule has 2 amide bonds. The van der Waals surface area contributed by atoms with Gasteiger partial charge in [0, 0.05) is 30.4 Å². The van der Waals surface area contributed by atoms with E-state index in [1.165, 1.54) is 18.2 Å². The molecule has 0 bridgehead atoms. The molecule has 0 unspecified atom stereocenters. The van der Waals surface area contributed by atoms with E-state index in [2.05, 4.69) is 14.9 Å². The zero-order valence-corrected chi connectivity index (χ0v) is 14.5. The number of carbonyl (C=O) groups is 3. The molecule has 1 fully saturated rings. The van der Waals surface area contributed by atoms with E-state index in [4.69, 9.17) is 15.0 Å². The first-order valence-corrected chi connectivity index (χ1v) is 8.04. The van der Waals surface area contributed by atoms with Crippen molar-refractivity contribution < 1.29 is 33.6 Å². The lowest BCUT2D eigenvalue weighted by Gasteiger charge is -2.13. The van der Waals surface area contributed by atoms with Crippen molar-refractivity contribution in [2.45, 2.75) is 25.9 Å². The van der Waals surface area contributed by atoms with Crippen LogP contribution in [0.4, 0.5) is 10.5 Å².